The lowest BCUT2D eigenvalue weighted by Gasteiger charge is -2.05. The molecule has 0 aromatic carbocycles. The summed E-state index contributed by atoms with van der Waals surface area (Å²) < 4.78 is 0. The molecule has 0 bridgehead atoms. The lowest BCUT2D eigenvalue weighted by molar-refractivity contribution is 0.516. The second-order valence-electron chi connectivity index (χ2n) is 4.47. The van der Waals surface area contributed by atoms with Crippen LogP contribution in [0.5, 0.6) is 0 Å². The summed E-state index contributed by atoms with van der Waals surface area (Å²) >= 11 is 0. The van der Waals surface area contributed by atoms with Crippen molar-refractivity contribution in [3.05, 3.63) is 0 Å². The van der Waals surface area contributed by atoms with E-state index in [4.69, 9.17) is 6.42 Å². The van der Waals surface area contributed by atoms with E-state index in [-0.39, 0.29) is 0 Å². The minimum Gasteiger partial charge on any atom is -0.315 e. The Morgan fingerprint density at radius 1 is 1.38 bits per heavy atom. The molecule has 13 heavy (non-hydrogen) atoms. The highest BCUT2D eigenvalue weighted by molar-refractivity contribution is 4.96. The van der Waals surface area contributed by atoms with Gasteiger partial charge in [-0.2, -0.15) is 0 Å². The fourth-order valence-corrected chi connectivity index (χ4v) is 1.54. The van der Waals surface area contributed by atoms with Gasteiger partial charge in [0.05, 0.1) is 6.54 Å². The average Bonchev–Trinajstić information content (AvgIpc) is 2.67. The van der Waals surface area contributed by atoms with Crippen molar-refractivity contribution in [3.8, 4) is 12.3 Å². The van der Waals surface area contributed by atoms with E-state index in [0.29, 0.717) is 12.0 Å². The van der Waals surface area contributed by atoms with Gasteiger partial charge in [-0.3, -0.25) is 0 Å². The van der Waals surface area contributed by atoms with Crippen molar-refractivity contribution < 1.29 is 0 Å². The van der Waals surface area contributed by atoms with Gasteiger partial charge in [0.1, 0.15) is 0 Å². The van der Waals surface area contributed by atoms with Crippen LogP contribution in [0.1, 0.15) is 20.3 Å². The van der Waals surface area contributed by atoms with Crippen molar-refractivity contribution in [1.82, 2.24) is 10.6 Å². The third-order valence-electron chi connectivity index (χ3n) is 2.81. The largest absolute Gasteiger partial charge is 0.315 e. The van der Waals surface area contributed by atoms with Crippen LogP contribution in [-0.2, 0) is 0 Å². The van der Waals surface area contributed by atoms with Gasteiger partial charge in [0.2, 0.25) is 0 Å². The molecule has 0 spiro atoms. The molecule has 1 atom stereocenters. The number of hydrogen-bond acceptors (Lipinski definition) is 2. The summed E-state index contributed by atoms with van der Waals surface area (Å²) in [4.78, 5) is 0. The van der Waals surface area contributed by atoms with E-state index in [1.54, 1.807) is 0 Å². The van der Waals surface area contributed by atoms with Gasteiger partial charge in [0.15, 0.2) is 0 Å². The minimum absolute atomic E-state index is 0.596. The molecule has 1 fully saturated rings. The summed E-state index contributed by atoms with van der Waals surface area (Å²) in [6, 6.07) is 0. The second kappa shape index (κ2) is 4.64. The zero-order valence-corrected chi connectivity index (χ0v) is 8.69. The summed E-state index contributed by atoms with van der Waals surface area (Å²) in [5, 5.41) is 6.58. The summed E-state index contributed by atoms with van der Waals surface area (Å²) in [6.45, 7) is 8.48. The van der Waals surface area contributed by atoms with Crippen LogP contribution in [-0.4, -0.2) is 26.2 Å². The molecule has 1 unspecified atom stereocenters. The monoisotopic (exact) mass is 180 g/mol. The molecule has 0 heterocycles. The molecule has 1 aliphatic rings. The molecule has 2 heteroatoms. The molecule has 1 aliphatic carbocycles. The van der Waals surface area contributed by atoms with E-state index in [9.17, 15) is 0 Å². The Kier molecular flexibility index (Phi) is 3.77. The van der Waals surface area contributed by atoms with E-state index in [1.165, 1.54) is 6.42 Å². The van der Waals surface area contributed by atoms with Gasteiger partial charge in [-0.05, 0) is 24.3 Å². The topological polar surface area (TPSA) is 24.1 Å². The molecule has 0 aromatic rings. The van der Waals surface area contributed by atoms with Gasteiger partial charge in [-0.15, -0.1) is 6.42 Å². The van der Waals surface area contributed by atoms with Crippen molar-refractivity contribution in [2.24, 2.45) is 11.3 Å². The molecule has 0 amide bonds. The quantitative estimate of drug-likeness (QED) is 0.467. The van der Waals surface area contributed by atoms with Crippen molar-refractivity contribution in [3.63, 3.8) is 0 Å². The lowest BCUT2D eigenvalue weighted by atomic mass is 10.1. The third-order valence-corrected chi connectivity index (χ3v) is 2.81. The van der Waals surface area contributed by atoms with Crippen LogP contribution in [0.25, 0.3) is 0 Å². The first kappa shape index (κ1) is 10.6. The number of rotatable bonds is 6. The molecule has 2 nitrogen and oxygen atoms in total. The Morgan fingerprint density at radius 2 is 2.00 bits per heavy atom. The Balaban J connectivity index is 1.84. The molecular weight excluding hydrogens is 160 g/mol. The van der Waals surface area contributed by atoms with Crippen LogP contribution in [0.2, 0.25) is 0 Å². The molecule has 0 radical (unpaired) electrons. The Morgan fingerprint density at radius 3 is 2.54 bits per heavy atom. The third kappa shape index (κ3) is 3.80. The van der Waals surface area contributed by atoms with Crippen LogP contribution in [0, 0.1) is 23.7 Å². The first-order valence-corrected chi connectivity index (χ1v) is 5.02. The normalized spacial score (nSPS) is 23.9. The second-order valence-corrected chi connectivity index (χ2v) is 4.47. The Hall–Kier alpha value is -0.520. The van der Waals surface area contributed by atoms with Crippen molar-refractivity contribution in [2.45, 2.75) is 20.3 Å². The zero-order valence-electron chi connectivity index (χ0n) is 8.69. The smallest absolute Gasteiger partial charge is 0.0574 e. The van der Waals surface area contributed by atoms with Crippen LogP contribution >= 0.6 is 0 Å². The average molecular weight is 180 g/mol. The van der Waals surface area contributed by atoms with Gasteiger partial charge < -0.3 is 10.6 Å². The Labute approximate surface area is 81.5 Å². The molecule has 1 saturated carbocycles. The van der Waals surface area contributed by atoms with Gasteiger partial charge in [0.25, 0.3) is 0 Å². The summed E-state index contributed by atoms with van der Waals surface area (Å²) in [7, 11) is 0. The van der Waals surface area contributed by atoms with E-state index in [2.05, 4.69) is 30.4 Å². The van der Waals surface area contributed by atoms with Crippen LogP contribution < -0.4 is 10.6 Å². The Bertz CT molecular complexity index is 191. The predicted octanol–water partition coefficient (Wildman–Crippen LogP) is 0.845. The maximum Gasteiger partial charge on any atom is 0.0574 e. The van der Waals surface area contributed by atoms with Crippen molar-refractivity contribution >= 4 is 0 Å². The standard InChI is InChI=1S/C11H20N2/c1-4-5-12-6-7-13-9-10-8-11(10,2)3/h1,10,12-13H,5-9H2,2-3H3. The van der Waals surface area contributed by atoms with E-state index >= 15 is 0 Å². The predicted molar refractivity (Wildman–Crippen MR) is 56.5 cm³/mol. The van der Waals surface area contributed by atoms with Crippen molar-refractivity contribution in [2.75, 3.05) is 26.2 Å². The fraction of sp³-hybridized carbons (Fsp3) is 0.818. The molecule has 2 N–H and O–H groups in total. The highest BCUT2D eigenvalue weighted by atomic mass is 14.9. The van der Waals surface area contributed by atoms with Gasteiger partial charge in [-0.1, -0.05) is 19.8 Å². The minimum atomic E-state index is 0.596. The molecule has 0 aromatic heterocycles. The van der Waals surface area contributed by atoms with Crippen LogP contribution in [0.3, 0.4) is 0 Å². The summed E-state index contributed by atoms with van der Waals surface area (Å²) in [5.74, 6) is 3.44. The van der Waals surface area contributed by atoms with Gasteiger partial charge >= 0.3 is 0 Å². The maximum atomic E-state index is 5.10. The maximum absolute atomic E-state index is 5.10. The summed E-state index contributed by atoms with van der Waals surface area (Å²) in [6.07, 6.45) is 6.48. The zero-order chi connectivity index (χ0) is 9.73. The van der Waals surface area contributed by atoms with E-state index in [0.717, 1.165) is 25.6 Å². The molecular formula is C11H20N2. The highest BCUT2D eigenvalue weighted by Crippen LogP contribution is 2.50. The lowest BCUT2D eigenvalue weighted by Crippen LogP contribution is -2.29. The van der Waals surface area contributed by atoms with Crippen LogP contribution in [0.4, 0.5) is 0 Å². The van der Waals surface area contributed by atoms with E-state index in [1.807, 2.05) is 0 Å². The first-order chi connectivity index (χ1) is 6.17. The number of nitrogens with one attached hydrogen (secondary N) is 2. The number of terminal acetylenes is 1. The van der Waals surface area contributed by atoms with E-state index < -0.39 is 0 Å². The molecule has 0 saturated heterocycles. The van der Waals surface area contributed by atoms with Crippen molar-refractivity contribution in [1.29, 1.82) is 0 Å². The van der Waals surface area contributed by atoms with Gasteiger partial charge in [-0.25, -0.2) is 0 Å². The van der Waals surface area contributed by atoms with Gasteiger partial charge in [0, 0.05) is 13.1 Å². The molecule has 0 aliphatic heterocycles. The SMILES string of the molecule is C#CCNCCNCC1CC1(C)C. The van der Waals surface area contributed by atoms with Crippen LogP contribution in [0.15, 0.2) is 0 Å². The molecule has 74 valence electrons. The fourth-order valence-electron chi connectivity index (χ4n) is 1.54. The molecule has 1 rings (SSSR count). The highest BCUT2D eigenvalue weighted by Gasteiger charge is 2.44. The number of hydrogen-bond donors (Lipinski definition) is 2. The first-order valence-electron chi connectivity index (χ1n) is 5.02. The summed E-state index contributed by atoms with van der Waals surface area (Å²) in [5.41, 5.74) is 0.596.